The standard InChI is InChI=1S/C29H27NO2/c1-3-8-22(9-4-1)20-31-26-13-7-12-25(19-26)29-28-15-14-27(18-24(28)16-17-30-29)32-21-23-10-5-2-6-11-23/h1-15,18-19,29-30H,16-17,20-21H2. The second kappa shape index (κ2) is 9.71. The lowest BCUT2D eigenvalue weighted by atomic mass is 9.89. The highest BCUT2D eigenvalue weighted by molar-refractivity contribution is 5.45. The number of nitrogens with one attached hydrogen (secondary N) is 1. The number of benzene rings is 4. The molecule has 1 unspecified atom stereocenters. The van der Waals surface area contributed by atoms with Crippen LogP contribution in [0.25, 0.3) is 0 Å². The quantitative estimate of drug-likeness (QED) is 0.392. The third-order valence-electron chi connectivity index (χ3n) is 5.86. The van der Waals surface area contributed by atoms with Gasteiger partial charge < -0.3 is 14.8 Å². The molecule has 32 heavy (non-hydrogen) atoms. The molecular weight excluding hydrogens is 394 g/mol. The van der Waals surface area contributed by atoms with Gasteiger partial charge >= 0.3 is 0 Å². The van der Waals surface area contributed by atoms with E-state index in [-0.39, 0.29) is 6.04 Å². The summed E-state index contributed by atoms with van der Waals surface area (Å²) in [6.07, 6.45) is 0.999. The maximum Gasteiger partial charge on any atom is 0.120 e. The van der Waals surface area contributed by atoms with E-state index in [4.69, 9.17) is 9.47 Å². The van der Waals surface area contributed by atoms with Gasteiger partial charge in [0.2, 0.25) is 0 Å². The summed E-state index contributed by atoms with van der Waals surface area (Å²) in [4.78, 5) is 0. The first-order valence-corrected chi connectivity index (χ1v) is 11.1. The van der Waals surface area contributed by atoms with Crippen LogP contribution < -0.4 is 14.8 Å². The largest absolute Gasteiger partial charge is 0.489 e. The van der Waals surface area contributed by atoms with Gasteiger partial charge in [-0.3, -0.25) is 0 Å². The second-order valence-electron chi connectivity index (χ2n) is 8.12. The van der Waals surface area contributed by atoms with Crippen molar-refractivity contribution in [3.8, 4) is 11.5 Å². The van der Waals surface area contributed by atoms with Crippen LogP contribution in [0.15, 0.2) is 103 Å². The maximum atomic E-state index is 6.06. The van der Waals surface area contributed by atoms with E-state index < -0.39 is 0 Å². The van der Waals surface area contributed by atoms with Crippen LogP contribution in [0.2, 0.25) is 0 Å². The molecule has 1 aliphatic heterocycles. The fourth-order valence-corrected chi connectivity index (χ4v) is 4.19. The lowest BCUT2D eigenvalue weighted by Gasteiger charge is -2.28. The third-order valence-corrected chi connectivity index (χ3v) is 5.86. The molecule has 1 aliphatic rings. The van der Waals surface area contributed by atoms with Crippen molar-refractivity contribution < 1.29 is 9.47 Å². The van der Waals surface area contributed by atoms with Crippen molar-refractivity contribution in [2.75, 3.05) is 6.54 Å². The molecule has 0 saturated carbocycles. The summed E-state index contributed by atoms with van der Waals surface area (Å²) in [5.74, 6) is 1.82. The molecule has 0 saturated heterocycles. The van der Waals surface area contributed by atoms with Gasteiger partial charge in [0.05, 0.1) is 6.04 Å². The zero-order chi connectivity index (χ0) is 21.6. The topological polar surface area (TPSA) is 30.5 Å². The van der Waals surface area contributed by atoms with Gasteiger partial charge in [-0.25, -0.2) is 0 Å². The summed E-state index contributed by atoms with van der Waals surface area (Å²) in [5, 5.41) is 3.67. The summed E-state index contributed by atoms with van der Waals surface area (Å²) in [7, 11) is 0. The highest BCUT2D eigenvalue weighted by Gasteiger charge is 2.22. The van der Waals surface area contributed by atoms with E-state index in [0.29, 0.717) is 13.2 Å². The molecule has 0 radical (unpaired) electrons. The normalized spacial score (nSPS) is 15.1. The molecule has 0 fully saturated rings. The average molecular weight is 422 g/mol. The third kappa shape index (κ3) is 4.84. The van der Waals surface area contributed by atoms with Crippen LogP contribution >= 0.6 is 0 Å². The highest BCUT2D eigenvalue weighted by Crippen LogP contribution is 2.33. The van der Waals surface area contributed by atoms with E-state index in [1.54, 1.807) is 0 Å². The van der Waals surface area contributed by atoms with Crippen molar-refractivity contribution in [2.24, 2.45) is 0 Å². The molecule has 0 spiro atoms. The second-order valence-corrected chi connectivity index (χ2v) is 8.12. The first-order chi connectivity index (χ1) is 15.8. The van der Waals surface area contributed by atoms with Gasteiger partial charge in [-0.1, -0.05) is 78.9 Å². The lowest BCUT2D eigenvalue weighted by Crippen LogP contribution is -2.30. The predicted octanol–water partition coefficient (Wildman–Crippen LogP) is 6.08. The molecular formula is C29H27NO2. The minimum absolute atomic E-state index is 0.155. The number of hydrogen-bond acceptors (Lipinski definition) is 3. The smallest absolute Gasteiger partial charge is 0.120 e. The molecule has 5 rings (SSSR count). The molecule has 160 valence electrons. The van der Waals surface area contributed by atoms with E-state index in [1.807, 2.05) is 42.5 Å². The fourth-order valence-electron chi connectivity index (χ4n) is 4.19. The van der Waals surface area contributed by atoms with Crippen LogP contribution in [-0.4, -0.2) is 6.54 Å². The predicted molar refractivity (Wildman–Crippen MR) is 128 cm³/mol. The van der Waals surface area contributed by atoms with Crippen molar-refractivity contribution in [1.29, 1.82) is 0 Å². The van der Waals surface area contributed by atoms with Crippen molar-refractivity contribution in [1.82, 2.24) is 5.32 Å². The van der Waals surface area contributed by atoms with Crippen LogP contribution in [0.1, 0.15) is 33.9 Å². The Balaban J connectivity index is 1.30. The Labute approximate surface area is 189 Å². The van der Waals surface area contributed by atoms with Gasteiger partial charge in [-0.05, 0) is 58.5 Å². The molecule has 4 aromatic rings. The molecule has 0 aromatic heterocycles. The molecule has 4 aromatic carbocycles. The summed E-state index contributed by atoms with van der Waals surface area (Å²) in [6.45, 7) is 2.10. The summed E-state index contributed by atoms with van der Waals surface area (Å²) in [6, 6.07) is 35.6. The monoisotopic (exact) mass is 421 g/mol. The number of rotatable bonds is 7. The molecule has 0 amide bonds. The van der Waals surface area contributed by atoms with E-state index in [2.05, 4.69) is 66.0 Å². The van der Waals surface area contributed by atoms with Gasteiger partial charge in [0.25, 0.3) is 0 Å². The highest BCUT2D eigenvalue weighted by atomic mass is 16.5. The SMILES string of the molecule is c1ccc(COc2cccc(C3NCCc4cc(OCc5ccccc5)ccc43)c2)cc1. The Hall–Kier alpha value is -3.56. The summed E-state index contributed by atoms with van der Waals surface area (Å²) >= 11 is 0. The molecule has 1 heterocycles. The minimum Gasteiger partial charge on any atom is -0.489 e. The Kier molecular flexibility index (Phi) is 6.18. The van der Waals surface area contributed by atoms with E-state index in [1.165, 1.54) is 27.8 Å². The van der Waals surface area contributed by atoms with Crippen LogP contribution in [0.5, 0.6) is 11.5 Å². The zero-order valence-electron chi connectivity index (χ0n) is 18.0. The van der Waals surface area contributed by atoms with Crippen molar-refractivity contribution in [3.05, 3.63) is 131 Å². The number of fused-ring (bicyclic) bond motifs is 1. The van der Waals surface area contributed by atoms with E-state index >= 15 is 0 Å². The molecule has 1 N–H and O–H groups in total. The van der Waals surface area contributed by atoms with Crippen LogP contribution in [0.3, 0.4) is 0 Å². The number of ether oxygens (including phenoxy) is 2. The minimum atomic E-state index is 0.155. The van der Waals surface area contributed by atoms with E-state index in [9.17, 15) is 0 Å². The van der Waals surface area contributed by atoms with Gasteiger partial charge in [0.1, 0.15) is 24.7 Å². The summed E-state index contributed by atoms with van der Waals surface area (Å²) < 4.78 is 12.1. The van der Waals surface area contributed by atoms with Crippen molar-refractivity contribution in [2.45, 2.75) is 25.7 Å². The first-order valence-electron chi connectivity index (χ1n) is 11.1. The molecule has 3 heteroatoms. The van der Waals surface area contributed by atoms with Gasteiger partial charge in [0, 0.05) is 6.54 Å². The fraction of sp³-hybridized carbons (Fsp3) is 0.172. The Morgan fingerprint density at radius 3 is 2.00 bits per heavy atom. The molecule has 0 aliphatic carbocycles. The number of hydrogen-bond donors (Lipinski definition) is 1. The Bertz CT molecular complexity index is 1160. The van der Waals surface area contributed by atoms with Crippen LogP contribution in [0.4, 0.5) is 0 Å². The molecule has 1 atom stereocenters. The Morgan fingerprint density at radius 1 is 0.656 bits per heavy atom. The maximum absolute atomic E-state index is 6.06. The molecule has 0 bridgehead atoms. The zero-order valence-corrected chi connectivity index (χ0v) is 18.0. The van der Waals surface area contributed by atoms with Gasteiger partial charge in [0.15, 0.2) is 0 Å². The first kappa shape index (κ1) is 20.3. The van der Waals surface area contributed by atoms with Crippen LogP contribution in [-0.2, 0) is 19.6 Å². The van der Waals surface area contributed by atoms with Gasteiger partial charge in [-0.15, -0.1) is 0 Å². The van der Waals surface area contributed by atoms with E-state index in [0.717, 1.165) is 24.5 Å². The lowest BCUT2D eigenvalue weighted by molar-refractivity contribution is 0.305. The van der Waals surface area contributed by atoms with Crippen molar-refractivity contribution in [3.63, 3.8) is 0 Å². The van der Waals surface area contributed by atoms with Crippen LogP contribution in [0, 0.1) is 0 Å². The Morgan fingerprint density at radius 2 is 1.31 bits per heavy atom. The summed E-state index contributed by atoms with van der Waals surface area (Å²) in [5.41, 5.74) is 6.21. The van der Waals surface area contributed by atoms with Crippen molar-refractivity contribution >= 4 is 0 Å². The van der Waals surface area contributed by atoms with Gasteiger partial charge in [-0.2, -0.15) is 0 Å². The molecule has 3 nitrogen and oxygen atoms in total. The average Bonchev–Trinajstić information content (AvgIpc) is 2.87.